The van der Waals surface area contributed by atoms with Crippen LogP contribution in [0.25, 0.3) is 11.1 Å². The van der Waals surface area contributed by atoms with Crippen molar-refractivity contribution in [2.24, 2.45) is 5.92 Å². The summed E-state index contributed by atoms with van der Waals surface area (Å²) in [4.78, 5) is 36.8. The molecule has 0 bridgehead atoms. The summed E-state index contributed by atoms with van der Waals surface area (Å²) in [7, 11) is 0. The molecule has 0 aromatic heterocycles. The average Bonchev–Trinajstić information content (AvgIpc) is 3.15. The molecule has 0 saturated heterocycles. The van der Waals surface area contributed by atoms with Crippen molar-refractivity contribution in [1.29, 1.82) is 0 Å². The van der Waals surface area contributed by atoms with Crippen LogP contribution < -0.4 is 10.6 Å². The molecule has 3 N–H and O–H groups in total. The first kappa shape index (κ1) is 24.8. The summed E-state index contributed by atoms with van der Waals surface area (Å²) < 4.78 is 5.69. The van der Waals surface area contributed by atoms with Crippen LogP contribution in [0, 0.1) is 5.92 Å². The molecule has 7 nitrogen and oxygen atoms in total. The highest BCUT2D eigenvalue weighted by molar-refractivity contribution is 5.81. The van der Waals surface area contributed by atoms with Crippen LogP contribution in [-0.4, -0.2) is 41.3 Å². The molecule has 0 aliphatic heterocycles. The van der Waals surface area contributed by atoms with E-state index in [-0.39, 0.29) is 36.8 Å². The predicted octanol–water partition coefficient (Wildman–Crippen LogP) is 4.84. The standard InChI is InChI=1S/C28H34N2O5/c1-28(2,16-15-25(31)32)30-26(33)22-13-7-8-14-24(22)29-27(34)35-17-23-20-11-5-3-9-18(20)19-10-4-6-12-21(19)23/h3-6,9-12,22-24H,7-8,13-17H2,1-2H3,(H,29,34)(H,30,33)(H,31,32)/t22-,24+/m1/s1. The van der Waals surface area contributed by atoms with E-state index in [9.17, 15) is 14.4 Å². The van der Waals surface area contributed by atoms with Crippen LogP contribution in [0.4, 0.5) is 4.79 Å². The van der Waals surface area contributed by atoms with Crippen molar-refractivity contribution in [2.45, 2.75) is 69.9 Å². The molecule has 2 atom stereocenters. The SMILES string of the molecule is CC(C)(CCC(=O)O)NC(=O)[C@@H]1CCCC[C@@H]1NC(=O)OCC1c2ccccc2-c2ccccc21. The van der Waals surface area contributed by atoms with Crippen LogP contribution in [0.3, 0.4) is 0 Å². The van der Waals surface area contributed by atoms with Crippen molar-refractivity contribution in [3.8, 4) is 11.1 Å². The van der Waals surface area contributed by atoms with Gasteiger partial charge in [0.05, 0.1) is 5.92 Å². The number of ether oxygens (including phenoxy) is 1. The van der Waals surface area contributed by atoms with E-state index < -0.39 is 17.6 Å². The van der Waals surface area contributed by atoms with Gasteiger partial charge in [-0.25, -0.2) is 4.79 Å². The zero-order valence-electron chi connectivity index (χ0n) is 20.4. The van der Waals surface area contributed by atoms with Gasteiger partial charge in [0.1, 0.15) is 6.61 Å². The zero-order valence-corrected chi connectivity index (χ0v) is 20.4. The number of amides is 2. The fourth-order valence-electron chi connectivity index (χ4n) is 5.32. The fourth-order valence-corrected chi connectivity index (χ4v) is 5.32. The van der Waals surface area contributed by atoms with E-state index in [2.05, 4.69) is 34.9 Å². The summed E-state index contributed by atoms with van der Waals surface area (Å²) in [6.07, 6.45) is 3.04. The molecule has 2 aromatic carbocycles. The van der Waals surface area contributed by atoms with Crippen LogP contribution >= 0.6 is 0 Å². The minimum Gasteiger partial charge on any atom is -0.481 e. The van der Waals surface area contributed by atoms with Gasteiger partial charge in [0.25, 0.3) is 0 Å². The van der Waals surface area contributed by atoms with Gasteiger partial charge in [0.15, 0.2) is 0 Å². The number of carbonyl (C=O) groups excluding carboxylic acids is 2. The molecule has 2 aliphatic carbocycles. The van der Waals surface area contributed by atoms with Crippen molar-refractivity contribution in [3.63, 3.8) is 0 Å². The zero-order chi connectivity index (χ0) is 25.0. The van der Waals surface area contributed by atoms with Gasteiger partial charge in [-0.15, -0.1) is 0 Å². The van der Waals surface area contributed by atoms with Gasteiger partial charge >= 0.3 is 12.1 Å². The Hall–Kier alpha value is -3.35. The van der Waals surface area contributed by atoms with Gasteiger partial charge in [-0.2, -0.15) is 0 Å². The Kier molecular flexibility index (Phi) is 7.43. The first-order valence-electron chi connectivity index (χ1n) is 12.4. The van der Waals surface area contributed by atoms with E-state index in [1.807, 2.05) is 38.1 Å². The average molecular weight is 479 g/mol. The summed E-state index contributed by atoms with van der Waals surface area (Å²) >= 11 is 0. The molecule has 4 rings (SSSR count). The van der Waals surface area contributed by atoms with Crippen molar-refractivity contribution in [3.05, 3.63) is 59.7 Å². The second kappa shape index (κ2) is 10.5. The lowest BCUT2D eigenvalue weighted by atomic mass is 9.83. The molecule has 0 heterocycles. The van der Waals surface area contributed by atoms with Crippen LogP contribution in [0.15, 0.2) is 48.5 Å². The maximum atomic E-state index is 13.0. The fraction of sp³-hybridized carbons (Fsp3) is 0.464. The Morgan fingerprint density at radius 1 is 0.971 bits per heavy atom. The number of benzene rings is 2. The van der Waals surface area contributed by atoms with Gasteiger partial charge < -0.3 is 20.5 Å². The molecule has 0 unspecified atom stereocenters. The smallest absolute Gasteiger partial charge is 0.407 e. The molecule has 1 saturated carbocycles. The van der Waals surface area contributed by atoms with Crippen LogP contribution in [0.5, 0.6) is 0 Å². The Labute approximate surface area is 206 Å². The van der Waals surface area contributed by atoms with Crippen molar-refractivity contribution in [2.75, 3.05) is 6.61 Å². The van der Waals surface area contributed by atoms with Crippen LogP contribution in [-0.2, 0) is 14.3 Å². The molecule has 2 amide bonds. The second-order valence-corrected chi connectivity index (χ2v) is 10.2. The lowest BCUT2D eigenvalue weighted by molar-refractivity contribution is -0.138. The number of aliphatic carboxylic acids is 1. The van der Waals surface area contributed by atoms with Gasteiger partial charge in [-0.05, 0) is 55.4 Å². The number of rotatable bonds is 8. The van der Waals surface area contributed by atoms with Crippen molar-refractivity contribution < 1.29 is 24.2 Å². The van der Waals surface area contributed by atoms with Crippen LogP contribution in [0.2, 0.25) is 0 Å². The molecule has 7 heteroatoms. The Balaban J connectivity index is 1.36. The first-order chi connectivity index (χ1) is 16.7. The van der Waals surface area contributed by atoms with E-state index in [4.69, 9.17) is 9.84 Å². The normalized spacial score (nSPS) is 19.4. The summed E-state index contributed by atoms with van der Waals surface area (Å²) in [6.45, 7) is 3.88. The number of fused-ring (bicyclic) bond motifs is 3. The van der Waals surface area contributed by atoms with E-state index >= 15 is 0 Å². The Morgan fingerprint density at radius 2 is 1.57 bits per heavy atom. The van der Waals surface area contributed by atoms with Gasteiger partial charge in [0.2, 0.25) is 5.91 Å². The molecular formula is C28H34N2O5. The second-order valence-electron chi connectivity index (χ2n) is 10.2. The van der Waals surface area contributed by atoms with Crippen molar-refractivity contribution >= 4 is 18.0 Å². The molecular weight excluding hydrogens is 444 g/mol. The third-order valence-corrected chi connectivity index (χ3v) is 7.18. The molecule has 2 aromatic rings. The highest BCUT2D eigenvalue weighted by Crippen LogP contribution is 2.44. The Morgan fingerprint density at radius 3 is 2.20 bits per heavy atom. The molecule has 186 valence electrons. The van der Waals surface area contributed by atoms with Crippen molar-refractivity contribution in [1.82, 2.24) is 10.6 Å². The Bertz CT molecular complexity index is 1050. The summed E-state index contributed by atoms with van der Waals surface area (Å²) in [5.74, 6) is -1.43. The monoisotopic (exact) mass is 478 g/mol. The number of nitrogens with one attached hydrogen (secondary N) is 2. The van der Waals surface area contributed by atoms with Gasteiger partial charge in [0, 0.05) is 23.9 Å². The molecule has 1 fully saturated rings. The third-order valence-electron chi connectivity index (χ3n) is 7.18. The maximum Gasteiger partial charge on any atom is 0.407 e. The quantitative estimate of drug-likeness (QED) is 0.503. The van der Waals surface area contributed by atoms with E-state index in [0.29, 0.717) is 19.3 Å². The maximum absolute atomic E-state index is 13.0. The number of carbonyl (C=O) groups is 3. The number of carboxylic acid groups (broad SMARTS) is 1. The summed E-state index contributed by atoms with van der Waals surface area (Å²) in [6, 6.07) is 16.1. The topological polar surface area (TPSA) is 105 Å². The number of hydrogen-bond donors (Lipinski definition) is 3. The minimum absolute atomic E-state index is 0.0145. The molecule has 0 radical (unpaired) electrons. The van der Waals surface area contributed by atoms with E-state index in [1.54, 1.807) is 0 Å². The third kappa shape index (κ3) is 5.84. The number of alkyl carbamates (subject to hydrolysis) is 1. The van der Waals surface area contributed by atoms with Crippen LogP contribution in [0.1, 0.15) is 69.4 Å². The lowest BCUT2D eigenvalue weighted by Crippen LogP contribution is -2.53. The number of carboxylic acids is 1. The van der Waals surface area contributed by atoms with Gasteiger partial charge in [-0.3, -0.25) is 9.59 Å². The lowest BCUT2D eigenvalue weighted by Gasteiger charge is -2.34. The van der Waals surface area contributed by atoms with E-state index in [1.165, 1.54) is 11.1 Å². The van der Waals surface area contributed by atoms with E-state index in [0.717, 1.165) is 24.0 Å². The summed E-state index contributed by atoms with van der Waals surface area (Å²) in [5.41, 5.74) is 4.01. The summed E-state index contributed by atoms with van der Waals surface area (Å²) in [5, 5.41) is 14.9. The molecule has 0 spiro atoms. The largest absolute Gasteiger partial charge is 0.481 e. The molecule has 35 heavy (non-hydrogen) atoms. The van der Waals surface area contributed by atoms with Gasteiger partial charge in [-0.1, -0.05) is 61.4 Å². The highest BCUT2D eigenvalue weighted by atomic mass is 16.5. The minimum atomic E-state index is -0.889. The molecule has 2 aliphatic rings. The first-order valence-corrected chi connectivity index (χ1v) is 12.4. The number of hydrogen-bond acceptors (Lipinski definition) is 4. The highest BCUT2D eigenvalue weighted by Gasteiger charge is 2.35. The predicted molar refractivity (Wildman–Crippen MR) is 133 cm³/mol.